The molecule has 0 radical (unpaired) electrons. The van der Waals surface area contributed by atoms with Gasteiger partial charge in [-0.15, -0.1) is 0 Å². The van der Waals surface area contributed by atoms with E-state index in [0.29, 0.717) is 5.92 Å². The van der Waals surface area contributed by atoms with E-state index in [4.69, 9.17) is 0 Å². The lowest BCUT2D eigenvalue weighted by Crippen LogP contribution is -2.27. The fraction of sp³-hybridized carbons (Fsp3) is 0.357. The molecule has 0 amide bonds. The highest BCUT2D eigenvalue weighted by atomic mass is 19.1. The summed E-state index contributed by atoms with van der Waals surface area (Å²) in [5.41, 5.74) is 2.88. The van der Waals surface area contributed by atoms with Gasteiger partial charge in [-0.05, 0) is 38.1 Å². The molecule has 1 aliphatic heterocycles. The fourth-order valence-electron chi connectivity index (χ4n) is 2.59. The van der Waals surface area contributed by atoms with E-state index in [9.17, 15) is 4.39 Å². The summed E-state index contributed by atoms with van der Waals surface area (Å²) >= 11 is 0. The molecule has 3 nitrogen and oxygen atoms in total. The first kappa shape index (κ1) is 11.4. The third kappa shape index (κ3) is 2.16. The van der Waals surface area contributed by atoms with Gasteiger partial charge in [0.1, 0.15) is 5.82 Å². The van der Waals surface area contributed by atoms with Gasteiger partial charge in [0.25, 0.3) is 0 Å². The van der Waals surface area contributed by atoms with Crippen LogP contribution in [0.5, 0.6) is 0 Å². The van der Waals surface area contributed by atoms with Gasteiger partial charge in [-0.25, -0.2) is 9.37 Å². The van der Waals surface area contributed by atoms with Crippen molar-refractivity contribution in [1.29, 1.82) is 0 Å². The number of rotatable bonds is 2. The molecule has 0 spiro atoms. The highest BCUT2D eigenvalue weighted by molar-refractivity contribution is 5.62. The van der Waals surface area contributed by atoms with Gasteiger partial charge in [-0.2, -0.15) is 0 Å². The summed E-state index contributed by atoms with van der Waals surface area (Å²) in [5.74, 6) is 0.277. The van der Waals surface area contributed by atoms with Crippen LogP contribution in [0.2, 0.25) is 0 Å². The van der Waals surface area contributed by atoms with Gasteiger partial charge in [-0.3, -0.25) is 0 Å². The van der Waals surface area contributed by atoms with Crippen LogP contribution in [0.1, 0.15) is 24.5 Å². The van der Waals surface area contributed by atoms with E-state index in [1.54, 1.807) is 18.5 Å². The Labute approximate surface area is 105 Å². The number of nitrogens with one attached hydrogen (secondary N) is 2. The number of hydrogen-bond acceptors (Lipinski definition) is 2. The summed E-state index contributed by atoms with van der Waals surface area (Å²) in [4.78, 5) is 7.59. The predicted molar refractivity (Wildman–Crippen MR) is 68.8 cm³/mol. The van der Waals surface area contributed by atoms with E-state index in [1.807, 2.05) is 6.07 Å². The van der Waals surface area contributed by atoms with Gasteiger partial charge in [0.2, 0.25) is 0 Å². The minimum absolute atomic E-state index is 0.216. The summed E-state index contributed by atoms with van der Waals surface area (Å²) in [5, 5.41) is 3.35. The molecule has 1 aromatic heterocycles. The van der Waals surface area contributed by atoms with Crippen molar-refractivity contribution >= 4 is 0 Å². The lowest BCUT2D eigenvalue weighted by molar-refractivity contribution is 0.455. The summed E-state index contributed by atoms with van der Waals surface area (Å²) in [6.07, 6.45) is 3.91. The SMILES string of the molecule is Fc1cccc(-c2nc[nH]c2C2CCNCC2)c1. The summed E-state index contributed by atoms with van der Waals surface area (Å²) in [6, 6.07) is 6.64. The standard InChI is InChI=1S/C14H16FN3/c15-12-3-1-2-11(8-12)14-13(17-9-18-14)10-4-6-16-7-5-10/h1-3,8-10,16H,4-7H2,(H,17,18). The number of piperidine rings is 1. The van der Waals surface area contributed by atoms with Crippen molar-refractivity contribution in [2.75, 3.05) is 13.1 Å². The summed E-state index contributed by atoms with van der Waals surface area (Å²) in [6.45, 7) is 2.07. The molecule has 2 heterocycles. The minimum Gasteiger partial charge on any atom is -0.348 e. The maximum absolute atomic E-state index is 13.3. The minimum atomic E-state index is -0.216. The molecular formula is C14H16FN3. The van der Waals surface area contributed by atoms with Crippen molar-refractivity contribution in [3.8, 4) is 11.3 Å². The van der Waals surface area contributed by atoms with Gasteiger partial charge in [0, 0.05) is 17.2 Å². The van der Waals surface area contributed by atoms with Crippen LogP contribution < -0.4 is 5.32 Å². The molecule has 3 rings (SSSR count). The third-order valence-electron chi connectivity index (χ3n) is 3.51. The van der Waals surface area contributed by atoms with Crippen LogP contribution in [-0.2, 0) is 0 Å². The maximum atomic E-state index is 13.3. The monoisotopic (exact) mass is 245 g/mol. The number of halogens is 1. The quantitative estimate of drug-likeness (QED) is 0.854. The fourth-order valence-corrected chi connectivity index (χ4v) is 2.59. The molecular weight excluding hydrogens is 229 g/mol. The Bertz CT molecular complexity index is 529. The van der Waals surface area contributed by atoms with Crippen LogP contribution in [0.3, 0.4) is 0 Å². The van der Waals surface area contributed by atoms with Gasteiger partial charge < -0.3 is 10.3 Å². The van der Waals surface area contributed by atoms with Crippen molar-refractivity contribution in [2.45, 2.75) is 18.8 Å². The Kier molecular flexibility index (Phi) is 3.11. The lowest BCUT2D eigenvalue weighted by atomic mass is 9.92. The van der Waals surface area contributed by atoms with E-state index >= 15 is 0 Å². The molecule has 2 aromatic rings. The number of aromatic nitrogens is 2. The Morgan fingerprint density at radius 2 is 2.06 bits per heavy atom. The van der Waals surface area contributed by atoms with Gasteiger partial charge >= 0.3 is 0 Å². The second-order valence-corrected chi connectivity index (χ2v) is 4.70. The highest BCUT2D eigenvalue weighted by Gasteiger charge is 2.20. The number of nitrogens with zero attached hydrogens (tertiary/aromatic N) is 1. The van der Waals surface area contributed by atoms with Crippen molar-refractivity contribution in [3.05, 3.63) is 42.1 Å². The molecule has 94 valence electrons. The zero-order chi connectivity index (χ0) is 12.4. The van der Waals surface area contributed by atoms with E-state index in [0.717, 1.165) is 42.9 Å². The first-order valence-electron chi connectivity index (χ1n) is 6.34. The van der Waals surface area contributed by atoms with Gasteiger partial charge in [-0.1, -0.05) is 12.1 Å². The average molecular weight is 245 g/mol. The first-order valence-corrected chi connectivity index (χ1v) is 6.34. The number of benzene rings is 1. The molecule has 1 aromatic carbocycles. The molecule has 0 unspecified atom stereocenters. The molecule has 4 heteroatoms. The lowest BCUT2D eigenvalue weighted by Gasteiger charge is -2.22. The zero-order valence-corrected chi connectivity index (χ0v) is 10.1. The number of H-pyrrole nitrogens is 1. The van der Waals surface area contributed by atoms with Crippen LogP contribution >= 0.6 is 0 Å². The molecule has 0 aliphatic carbocycles. The Morgan fingerprint density at radius 3 is 2.83 bits per heavy atom. The molecule has 0 saturated carbocycles. The third-order valence-corrected chi connectivity index (χ3v) is 3.51. The average Bonchev–Trinajstić information content (AvgIpc) is 2.89. The molecule has 0 atom stereocenters. The molecule has 0 bridgehead atoms. The van der Waals surface area contributed by atoms with Crippen LogP contribution in [0.25, 0.3) is 11.3 Å². The first-order chi connectivity index (χ1) is 8.84. The Balaban J connectivity index is 1.95. The predicted octanol–water partition coefficient (Wildman–Crippen LogP) is 2.68. The van der Waals surface area contributed by atoms with Crippen molar-refractivity contribution in [1.82, 2.24) is 15.3 Å². The van der Waals surface area contributed by atoms with E-state index < -0.39 is 0 Å². The smallest absolute Gasteiger partial charge is 0.123 e. The maximum Gasteiger partial charge on any atom is 0.123 e. The molecule has 1 saturated heterocycles. The number of imidazole rings is 1. The van der Waals surface area contributed by atoms with Crippen LogP contribution in [-0.4, -0.2) is 23.1 Å². The topological polar surface area (TPSA) is 40.7 Å². The van der Waals surface area contributed by atoms with Crippen molar-refractivity contribution in [3.63, 3.8) is 0 Å². The molecule has 1 aliphatic rings. The van der Waals surface area contributed by atoms with E-state index in [1.165, 1.54) is 6.07 Å². The van der Waals surface area contributed by atoms with Crippen LogP contribution in [0.15, 0.2) is 30.6 Å². The van der Waals surface area contributed by atoms with Crippen LogP contribution in [0, 0.1) is 5.82 Å². The van der Waals surface area contributed by atoms with Gasteiger partial charge in [0.15, 0.2) is 0 Å². The number of hydrogen-bond donors (Lipinski definition) is 2. The van der Waals surface area contributed by atoms with Crippen LogP contribution in [0.4, 0.5) is 4.39 Å². The van der Waals surface area contributed by atoms with E-state index in [2.05, 4.69) is 15.3 Å². The highest BCUT2D eigenvalue weighted by Crippen LogP contribution is 2.31. The second-order valence-electron chi connectivity index (χ2n) is 4.70. The van der Waals surface area contributed by atoms with E-state index in [-0.39, 0.29) is 5.82 Å². The molecule has 18 heavy (non-hydrogen) atoms. The molecule has 1 fully saturated rings. The summed E-state index contributed by atoms with van der Waals surface area (Å²) in [7, 11) is 0. The van der Waals surface area contributed by atoms with Gasteiger partial charge in [0.05, 0.1) is 12.0 Å². The van der Waals surface area contributed by atoms with Crippen molar-refractivity contribution < 1.29 is 4.39 Å². The number of aromatic amines is 1. The second kappa shape index (κ2) is 4.90. The van der Waals surface area contributed by atoms with Crippen molar-refractivity contribution in [2.24, 2.45) is 0 Å². The molecule has 2 N–H and O–H groups in total. The largest absolute Gasteiger partial charge is 0.348 e. The Hall–Kier alpha value is -1.68. The zero-order valence-electron chi connectivity index (χ0n) is 10.1. The Morgan fingerprint density at radius 1 is 1.22 bits per heavy atom. The normalized spacial score (nSPS) is 16.9. The summed E-state index contributed by atoms with van der Waals surface area (Å²) < 4.78 is 13.3.